The third-order valence-electron chi connectivity index (χ3n) is 3.46. The lowest BCUT2D eigenvalue weighted by Crippen LogP contribution is -2.12. The molecule has 3 heteroatoms. The zero-order chi connectivity index (χ0) is 14.8. The molecule has 0 aliphatic carbocycles. The summed E-state index contributed by atoms with van der Waals surface area (Å²) in [6.07, 6.45) is 0. The number of hydrogen-bond acceptors (Lipinski definition) is 2. The summed E-state index contributed by atoms with van der Waals surface area (Å²) < 4.78 is 6.09. The number of hydrogen-bond donors (Lipinski definition) is 2. The Morgan fingerprint density at radius 2 is 1.67 bits per heavy atom. The number of benzene rings is 3. The zero-order valence-electron chi connectivity index (χ0n) is 11.8. The molecule has 3 aromatic carbocycles. The van der Waals surface area contributed by atoms with E-state index in [2.05, 4.69) is 0 Å². The van der Waals surface area contributed by atoms with Crippen LogP contribution in [0.4, 0.5) is 0 Å². The van der Waals surface area contributed by atoms with Crippen molar-refractivity contribution >= 4 is 16.6 Å². The molecule has 0 atom stereocenters. The number of nitrogen functional groups attached to an aromatic ring is 1. The van der Waals surface area contributed by atoms with Gasteiger partial charge in [0.05, 0.1) is 5.56 Å². The predicted octanol–water partition coefficient (Wildman–Crippen LogP) is 4.22. The molecule has 0 bridgehead atoms. The number of ether oxygens (including phenoxy) is 1. The van der Waals surface area contributed by atoms with Gasteiger partial charge < -0.3 is 10.5 Å². The minimum atomic E-state index is 0.00827. The summed E-state index contributed by atoms with van der Waals surface area (Å²) in [6, 6.07) is 19.6. The van der Waals surface area contributed by atoms with Gasteiger partial charge in [0.15, 0.2) is 0 Å². The molecule has 0 saturated heterocycles. The fraction of sp³-hybridized carbons (Fsp3) is 0.0556. The first kappa shape index (κ1) is 13.2. The van der Waals surface area contributed by atoms with Crippen LogP contribution in [0.25, 0.3) is 10.8 Å². The van der Waals surface area contributed by atoms with Crippen molar-refractivity contribution in [2.45, 2.75) is 6.92 Å². The van der Waals surface area contributed by atoms with Crippen molar-refractivity contribution in [2.24, 2.45) is 5.73 Å². The Balaban J connectivity index is 2.13. The van der Waals surface area contributed by atoms with E-state index in [4.69, 9.17) is 15.9 Å². The van der Waals surface area contributed by atoms with E-state index in [-0.39, 0.29) is 5.84 Å². The number of rotatable bonds is 3. The number of nitrogens with one attached hydrogen (secondary N) is 1. The molecular formula is C18H16N2O. The molecule has 3 nitrogen and oxygen atoms in total. The van der Waals surface area contributed by atoms with E-state index in [0.717, 1.165) is 22.1 Å². The molecule has 0 aliphatic rings. The maximum absolute atomic E-state index is 7.70. The maximum atomic E-state index is 7.70. The first-order chi connectivity index (χ1) is 10.2. The largest absolute Gasteiger partial charge is 0.456 e. The molecule has 0 aromatic heterocycles. The second-order valence-electron chi connectivity index (χ2n) is 4.94. The monoisotopic (exact) mass is 276 g/mol. The summed E-state index contributed by atoms with van der Waals surface area (Å²) >= 11 is 0. The van der Waals surface area contributed by atoms with E-state index in [1.807, 2.05) is 61.5 Å². The molecule has 0 fully saturated rings. The van der Waals surface area contributed by atoms with Crippen LogP contribution < -0.4 is 10.5 Å². The van der Waals surface area contributed by atoms with Crippen molar-refractivity contribution in [3.05, 3.63) is 71.8 Å². The van der Waals surface area contributed by atoms with E-state index in [1.54, 1.807) is 6.07 Å². The van der Waals surface area contributed by atoms with Crippen LogP contribution in [-0.4, -0.2) is 5.84 Å². The molecular weight excluding hydrogens is 260 g/mol. The number of fused-ring (bicyclic) bond motifs is 1. The van der Waals surface area contributed by atoms with Gasteiger partial charge in [0.25, 0.3) is 0 Å². The topological polar surface area (TPSA) is 59.1 Å². The molecule has 0 amide bonds. The van der Waals surface area contributed by atoms with Crippen molar-refractivity contribution in [3.63, 3.8) is 0 Å². The van der Waals surface area contributed by atoms with E-state index in [0.29, 0.717) is 11.3 Å². The Kier molecular flexibility index (Phi) is 3.32. The molecule has 0 spiro atoms. The van der Waals surface area contributed by atoms with E-state index in [1.165, 1.54) is 0 Å². The van der Waals surface area contributed by atoms with Crippen LogP contribution in [-0.2, 0) is 0 Å². The molecule has 3 rings (SSSR count). The quantitative estimate of drug-likeness (QED) is 0.555. The summed E-state index contributed by atoms with van der Waals surface area (Å²) in [5.74, 6) is 1.42. The fourth-order valence-corrected chi connectivity index (χ4v) is 2.39. The molecule has 3 N–H and O–H groups in total. The van der Waals surface area contributed by atoms with E-state index < -0.39 is 0 Å². The molecule has 0 radical (unpaired) electrons. The van der Waals surface area contributed by atoms with Crippen LogP contribution >= 0.6 is 0 Å². The average molecular weight is 276 g/mol. The van der Waals surface area contributed by atoms with Crippen LogP contribution in [0, 0.1) is 12.3 Å². The fourth-order valence-electron chi connectivity index (χ4n) is 2.39. The highest BCUT2D eigenvalue weighted by atomic mass is 16.5. The van der Waals surface area contributed by atoms with Crippen molar-refractivity contribution in [2.75, 3.05) is 0 Å². The Morgan fingerprint density at radius 3 is 2.48 bits per heavy atom. The number of aryl methyl sites for hydroxylation is 1. The summed E-state index contributed by atoms with van der Waals surface area (Å²) in [7, 11) is 0. The highest BCUT2D eigenvalue weighted by Gasteiger charge is 2.12. The van der Waals surface area contributed by atoms with Crippen molar-refractivity contribution in [1.29, 1.82) is 5.41 Å². The normalized spacial score (nSPS) is 10.5. The van der Waals surface area contributed by atoms with Crippen LogP contribution in [0.5, 0.6) is 11.5 Å². The summed E-state index contributed by atoms with van der Waals surface area (Å²) in [6.45, 7) is 1.95. The maximum Gasteiger partial charge on any atom is 0.141 e. The molecule has 0 aliphatic heterocycles. The van der Waals surface area contributed by atoms with E-state index >= 15 is 0 Å². The summed E-state index contributed by atoms with van der Waals surface area (Å²) in [4.78, 5) is 0. The van der Waals surface area contributed by atoms with E-state index in [9.17, 15) is 0 Å². The smallest absolute Gasteiger partial charge is 0.141 e. The van der Waals surface area contributed by atoms with Gasteiger partial charge in [-0.3, -0.25) is 5.41 Å². The van der Waals surface area contributed by atoms with Crippen molar-refractivity contribution in [1.82, 2.24) is 0 Å². The molecule has 0 unspecified atom stereocenters. The number of amidine groups is 1. The highest BCUT2D eigenvalue weighted by Crippen LogP contribution is 2.33. The summed E-state index contributed by atoms with van der Waals surface area (Å²) in [5.41, 5.74) is 7.22. The van der Waals surface area contributed by atoms with Gasteiger partial charge in [0, 0.05) is 5.39 Å². The highest BCUT2D eigenvalue weighted by molar-refractivity contribution is 5.98. The van der Waals surface area contributed by atoms with Crippen LogP contribution in [0.1, 0.15) is 11.1 Å². The third kappa shape index (κ3) is 2.46. The molecule has 104 valence electrons. The lowest BCUT2D eigenvalue weighted by Gasteiger charge is -2.14. The lowest BCUT2D eigenvalue weighted by molar-refractivity contribution is 0.483. The van der Waals surface area contributed by atoms with Gasteiger partial charge >= 0.3 is 0 Å². The minimum absolute atomic E-state index is 0.00827. The molecule has 3 aromatic rings. The molecule has 0 heterocycles. The van der Waals surface area contributed by atoms with Gasteiger partial charge in [0.2, 0.25) is 0 Å². The standard InChI is InChI=1S/C18H16N2O/c1-12-6-4-10-15(18(19)20)17(12)21-16-11-5-8-13-7-2-3-9-14(13)16/h2-11H,1H3,(H3,19,20). The lowest BCUT2D eigenvalue weighted by atomic mass is 10.1. The third-order valence-corrected chi connectivity index (χ3v) is 3.46. The van der Waals surface area contributed by atoms with Crippen LogP contribution in [0.15, 0.2) is 60.7 Å². The minimum Gasteiger partial charge on any atom is -0.456 e. The number of nitrogens with two attached hydrogens (primary N) is 1. The van der Waals surface area contributed by atoms with Gasteiger partial charge in [-0.1, -0.05) is 48.5 Å². The first-order valence-corrected chi connectivity index (χ1v) is 6.76. The average Bonchev–Trinajstić information content (AvgIpc) is 2.49. The predicted molar refractivity (Wildman–Crippen MR) is 86.2 cm³/mol. The van der Waals surface area contributed by atoms with Gasteiger partial charge in [-0.05, 0) is 30.0 Å². The second kappa shape index (κ2) is 5.29. The van der Waals surface area contributed by atoms with Gasteiger partial charge in [0.1, 0.15) is 17.3 Å². The van der Waals surface area contributed by atoms with Crippen LogP contribution in [0.2, 0.25) is 0 Å². The Morgan fingerprint density at radius 1 is 0.952 bits per heavy atom. The van der Waals surface area contributed by atoms with Gasteiger partial charge in [-0.15, -0.1) is 0 Å². The number of para-hydroxylation sites is 1. The zero-order valence-corrected chi connectivity index (χ0v) is 11.8. The summed E-state index contributed by atoms with van der Waals surface area (Å²) in [5, 5.41) is 9.86. The SMILES string of the molecule is Cc1cccc(C(=N)N)c1Oc1cccc2ccccc12. The Labute approximate surface area is 123 Å². The molecule has 21 heavy (non-hydrogen) atoms. The van der Waals surface area contributed by atoms with Gasteiger partial charge in [-0.25, -0.2) is 0 Å². The van der Waals surface area contributed by atoms with Gasteiger partial charge in [-0.2, -0.15) is 0 Å². The molecule has 0 saturated carbocycles. The first-order valence-electron chi connectivity index (χ1n) is 6.76. The van der Waals surface area contributed by atoms with Crippen LogP contribution in [0.3, 0.4) is 0 Å². The Bertz CT molecular complexity index is 819. The second-order valence-corrected chi connectivity index (χ2v) is 4.94. The van der Waals surface area contributed by atoms with Crippen molar-refractivity contribution in [3.8, 4) is 11.5 Å². The van der Waals surface area contributed by atoms with Crippen molar-refractivity contribution < 1.29 is 4.74 Å². The Hall–Kier alpha value is -2.81.